The Morgan fingerprint density at radius 3 is 2.75 bits per heavy atom. The van der Waals surface area contributed by atoms with Crippen molar-refractivity contribution in [2.24, 2.45) is 5.73 Å². The van der Waals surface area contributed by atoms with Gasteiger partial charge < -0.3 is 10.3 Å². The molecule has 0 unspecified atom stereocenters. The molecule has 2 N–H and O–H groups in total. The second-order valence-corrected chi connectivity index (χ2v) is 5.13. The lowest BCUT2D eigenvalue weighted by Crippen LogP contribution is -2.11. The number of hydrogen-bond acceptors (Lipinski definition) is 7. The Bertz CT molecular complexity index is 585. The SMILES string of the molecule is CSCC[C@@H](N)c1nc(-c2ccc([N+](=O)[O-])cc2)no1. The van der Waals surface area contributed by atoms with E-state index in [1.807, 2.05) is 6.26 Å². The Morgan fingerprint density at radius 1 is 1.45 bits per heavy atom. The minimum Gasteiger partial charge on any atom is -0.337 e. The molecule has 1 aromatic heterocycles. The van der Waals surface area contributed by atoms with E-state index in [9.17, 15) is 10.1 Å². The molecule has 2 aromatic rings. The fourth-order valence-corrected chi connectivity index (χ4v) is 2.09. The number of non-ortho nitro benzene ring substituents is 1. The third-order valence-electron chi connectivity index (χ3n) is 2.73. The molecule has 7 nitrogen and oxygen atoms in total. The van der Waals surface area contributed by atoms with E-state index >= 15 is 0 Å². The summed E-state index contributed by atoms with van der Waals surface area (Å²) >= 11 is 1.70. The van der Waals surface area contributed by atoms with E-state index in [4.69, 9.17) is 10.3 Å². The number of nitro groups is 1. The third kappa shape index (κ3) is 3.34. The molecular formula is C12H14N4O3S. The summed E-state index contributed by atoms with van der Waals surface area (Å²) in [4.78, 5) is 14.4. The quantitative estimate of drug-likeness (QED) is 0.643. The molecule has 0 aliphatic carbocycles. The van der Waals surface area contributed by atoms with Crippen LogP contribution in [0.3, 0.4) is 0 Å². The van der Waals surface area contributed by atoms with Crippen molar-refractivity contribution in [1.29, 1.82) is 0 Å². The van der Waals surface area contributed by atoms with Crippen LogP contribution in [0.2, 0.25) is 0 Å². The zero-order valence-electron chi connectivity index (χ0n) is 10.9. The fourth-order valence-electron chi connectivity index (χ4n) is 1.60. The molecule has 0 amide bonds. The predicted octanol–water partition coefficient (Wildman–Crippen LogP) is 2.40. The van der Waals surface area contributed by atoms with Crippen molar-refractivity contribution < 1.29 is 9.45 Å². The predicted molar refractivity (Wildman–Crippen MR) is 76.3 cm³/mol. The van der Waals surface area contributed by atoms with Crippen LogP contribution in [0, 0.1) is 10.1 Å². The van der Waals surface area contributed by atoms with Gasteiger partial charge in [-0.05, 0) is 30.6 Å². The first-order valence-corrected chi connectivity index (χ1v) is 7.34. The molecule has 106 valence electrons. The van der Waals surface area contributed by atoms with Crippen molar-refractivity contribution >= 4 is 17.4 Å². The normalized spacial score (nSPS) is 12.3. The number of rotatable bonds is 6. The van der Waals surface area contributed by atoms with Gasteiger partial charge in [0.05, 0.1) is 11.0 Å². The van der Waals surface area contributed by atoms with Crippen LogP contribution in [0.5, 0.6) is 0 Å². The standard InChI is InChI=1S/C12H14N4O3S/c1-20-7-6-10(13)12-14-11(15-19-12)8-2-4-9(5-3-8)16(17)18/h2-5,10H,6-7,13H2,1H3/t10-/m1/s1. The van der Waals surface area contributed by atoms with Crippen molar-refractivity contribution in [2.45, 2.75) is 12.5 Å². The van der Waals surface area contributed by atoms with Crippen LogP contribution in [0.25, 0.3) is 11.4 Å². The molecule has 1 aromatic carbocycles. The van der Waals surface area contributed by atoms with Crippen LogP contribution in [-0.4, -0.2) is 27.1 Å². The van der Waals surface area contributed by atoms with Gasteiger partial charge in [0.15, 0.2) is 0 Å². The molecule has 20 heavy (non-hydrogen) atoms. The van der Waals surface area contributed by atoms with Gasteiger partial charge >= 0.3 is 0 Å². The van der Waals surface area contributed by atoms with Crippen LogP contribution in [0.4, 0.5) is 5.69 Å². The molecule has 1 atom stereocenters. The maximum absolute atomic E-state index is 10.6. The van der Waals surface area contributed by atoms with Gasteiger partial charge in [-0.1, -0.05) is 5.16 Å². The third-order valence-corrected chi connectivity index (χ3v) is 3.37. The Hall–Kier alpha value is -1.93. The van der Waals surface area contributed by atoms with E-state index in [2.05, 4.69) is 10.1 Å². The number of aromatic nitrogens is 2. The maximum Gasteiger partial charge on any atom is 0.269 e. The number of nitrogens with two attached hydrogens (primary N) is 1. The number of nitro benzene ring substituents is 1. The summed E-state index contributed by atoms with van der Waals surface area (Å²) in [5.41, 5.74) is 6.62. The topological polar surface area (TPSA) is 108 Å². The van der Waals surface area contributed by atoms with Gasteiger partial charge in [-0.2, -0.15) is 16.7 Å². The first-order chi connectivity index (χ1) is 9.61. The monoisotopic (exact) mass is 294 g/mol. The van der Waals surface area contributed by atoms with E-state index < -0.39 is 4.92 Å². The lowest BCUT2D eigenvalue weighted by Gasteiger charge is -2.03. The van der Waals surface area contributed by atoms with E-state index in [0.717, 1.165) is 12.2 Å². The highest BCUT2D eigenvalue weighted by atomic mass is 32.2. The highest BCUT2D eigenvalue weighted by molar-refractivity contribution is 7.98. The lowest BCUT2D eigenvalue weighted by molar-refractivity contribution is -0.384. The summed E-state index contributed by atoms with van der Waals surface area (Å²) < 4.78 is 5.13. The van der Waals surface area contributed by atoms with E-state index in [1.165, 1.54) is 12.1 Å². The van der Waals surface area contributed by atoms with E-state index in [-0.39, 0.29) is 11.7 Å². The zero-order valence-corrected chi connectivity index (χ0v) is 11.7. The molecular weight excluding hydrogens is 280 g/mol. The van der Waals surface area contributed by atoms with Crippen LogP contribution in [0.1, 0.15) is 18.4 Å². The van der Waals surface area contributed by atoms with Crippen LogP contribution in [0.15, 0.2) is 28.8 Å². The van der Waals surface area contributed by atoms with Crippen molar-refractivity contribution in [3.05, 3.63) is 40.3 Å². The van der Waals surface area contributed by atoms with E-state index in [1.54, 1.807) is 23.9 Å². The van der Waals surface area contributed by atoms with Gasteiger partial charge in [0, 0.05) is 17.7 Å². The van der Waals surface area contributed by atoms with Gasteiger partial charge in [0.25, 0.3) is 5.69 Å². The lowest BCUT2D eigenvalue weighted by atomic mass is 10.2. The molecule has 1 heterocycles. The Labute approximate surface area is 119 Å². The number of benzene rings is 1. The average molecular weight is 294 g/mol. The second kappa shape index (κ2) is 6.49. The molecule has 0 bridgehead atoms. The highest BCUT2D eigenvalue weighted by Gasteiger charge is 2.16. The molecule has 8 heteroatoms. The summed E-state index contributed by atoms with van der Waals surface area (Å²) in [5.74, 6) is 1.68. The van der Waals surface area contributed by atoms with Gasteiger partial charge in [-0.25, -0.2) is 0 Å². The molecule has 0 saturated heterocycles. The van der Waals surface area contributed by atoms with Crippen molar-refractivity contribution in [1.82, 2.24) is 10.1 Å². The van der Waals surface area contributed by atoms with Crippen molar-refractivity contribution in [3.8, 4) is 11.4 Å². The summed E-state index contributed by atoms with van der Waals surface area (Å²) in [6.07, 6.45) is 2.76. The molecule has 2 rings (SSSR count). The van der Waals surface area contributed by atoms with Gasteiger partial charge in [0.2, 0.25) is 11.7 Å². The first-order valence-electron chi connectivity index (χ1n) is 5.94. The molecule has 0 radical (unpaired) electrons. The largest absolute Gasteiger partial charge is 0.337 e. The number of thioether (sulfide) groups is 1. The Morgan fingerprint density at radius 2 is 2.15 bits per heavy atom. The molecule has 0 spiro atoms. The minimum atomic E-state index is -0.455. The van der Waals surface area contributed by atoms with Crippen LogP contribution < -0.4 is 5.73 Å². The van der Waals surface area contributed by atoms with E-state index in [0.29, 0.717) is 17.3 Å². The smallest absolute Gasteiger partial charge is 0.269 e. The fraction of sp³-hybridized carbons (Fsp3) is 0.333. The first kappa shape index (κ1) is 14.5. The van der Waals surface area contributed by atoms with Crippen molar-refractivity contribution in [3.63, 3.8) is 0 Å². The maximum atomic E-state index is 10.6. The van der Waals surface area contributed by atoms with Crippen molar-refractivity contribution in [2.75, 3.05) is 12.0 Å². The minimum absolute atomic E-state index is 0.0224. The molecule has 0 aliphatic rings. The number of nitrogens with zero attached hydrogens (tertiary/aromatic N) is 3. The second-order valence-electron chi connectivity index (χ2n) is 4.15. The van der Waals surface area contributed by atoms with Gasteiger partial charge in [-0.15, -0.1) is 0 Å². The van der Waals surface area contributed by atoms with Gasteiger partial charge in [-0.3, -0.25) is 10.1 Å². The summed E-state index contributed by atoms with van der Waals surface area (Å²) in [7, 11) is 0. The van der Waals surface area contributed by atoms with Crippen LogP contribution >= 0.6 is 11.8 Å². The van der Waals surface area contributed by atoms with Crippen LogP contribution in [-0.2, 0) is 0 Å². The summed E-state index contributed by atoms with van der Waals surface area (Å²) in [6.45, 7) is 0. The summed E-state index contributed by atoms with van der Waals surface area (Å²) in [5, 5.41) is 14.4. The highest BCUT2D eigenvalue weighted by Crippen LogP contribution is 2.22. The Kier molecular flexibility index (Phi) is 4.70. The molecule has 0 fully saturated rings. The number of hydrogen-bond donors (Lipinski definition) is 1. The summed E-state index contributed by atoms with van der Waals surface area (Å²) in [6, 6.07) is 5.68. The zero-order chi connectivity index (χ0) is 14.5. The van der Waals surface area contributed by atoms with Gasteiger partial charge in [0.1, 0.15) is 0 Å². The average Bonchev–Trinajstić information content (AvgIpc) is 2.94. The Balaban J connectivity index is 2.13. The molecule has 0 saturated carbocycles. The molecule has 0 aliphatic heterocycles.